The van der Waals surface area contributed by atoms with Gasteiger partial charge in [0.05, 0.1) is 18.1 Å². The van der Waals surface area contributed by atoms with E-state index in [0.717, 1.165) is 42.0 Å². The molecule has 1 N–H and O–H groups in total. The highest BCUT2D eigenvalue weighted by molar-refractivity contribution is 5.96. The van der Waals surface area contributed by atoms with Crippen molar-refractivity contribution in [3.05, 3.63) is 36.5 Å². The number of amides is 3. The predicted molar refractivity (Wildman–Crippen MR) is 95.2 cm³/mol. The molecule has 0 radical (unpaired) electrons. The van der Waals surface area contributed by atoms with Crippen molar-refractivity contribution >= 4 is 28.5 Å². The lowest BCUT2D eigenvalue weighted by atomic mass is 10.1. The highest BCUT2D eigenvalue weighted by atomic mass is 16.2. The van der Waals surface area contributed by atoms with Gasteiger partial charge in [-0.2, -0.15) is 0 Å². The van der Waals surface area contributed by atoms with E-state index in [9.17, 15) is 9.59 Å². The minimum atomic E-state index is -0.316. The van der Waals surface area contributed by atoms with Crippen molar-refractivity contribution in [2.45, 2.75) is 12.6 Å². The fraction of sp³-hybridized carbons (Fsp3) is 0.389. The molecule has 2 aliphatic heterocycles. The van der Waals surface area contributed by atoms with E-state index in [1.807, 2.05) is 24.4 Å². The van der Waals surface area contributed by atoms with Crippen LogP contribution in [0.3, 0.4) is 0 Å². The van der Waals surface area contributed by atoms with Crippen LogP contribution in [0.5, 0.6) is 0 Å². The van der Waals surface area contributed by atoms with Crippen LogP contribution in [-0.2, 0) is 4.79 Å². The van der Waals surface area contributed by atoms with Gasteiger partial charge in [0.15, 0.2) is 0 Å². The van der Waals surface area contributed by atoms with Crippen molar-refractivity contribution in [3.8, 4) is 0 Å². The largest absolute Gasteiger partial charge is 0.368 e. The van der Waals surface area contributed by atoms with Gasteiger partial charge in [-0.05, 0) is 12.1 Å². The smallest absolute Gasteiger partial charge is 0.325 e. The van der Waals surface area contributed by atoms with Crippen molar-refractivity contribution in [2.24, 2.45) is 0 Å². The summed E-state index contributed by atoms with van der Waals surface area (Å²) in [6.45, 7) is 3.31. The molecule has 25 heavy (non-hydrogen) atoms. The van der Waals surface area contributed by atoms with Gasteiger partial charge < -0.3 is 10.2 Å². The second kappa shape index (κ2) is 6.33. The van der Waals surface area contributed by atoms with Gasteiger partial charge in [0, 0.05) is 50.5 Å². The van der Waals surface area contributed by atoms with Gasteiger partial charge in [-0.25, -0.2) is 4.79 Å². The van der Waals surface area contributed by atoms with E-state index in [1.54, 1.807) is 0 Å². The lowest BCUT2D eigenvalue weighted by molar-refractivity contribution is -0.130. The monoisotopic (exact) mass is 339 g/mol. The number of fused-ring (bicyclic) bond motifs is 1. The Hall–Kier alpha value is -2.67. The molecule has 2 aromatic rings. The Bertz CT molecular complexity index is 793. The van der Waals surface area contributed by atoms with Crippen molar-refractivity contribution in [1.82, 2.24) is 20.1 Å². The maximum absolute atomic E-state index is 11.9. The number of para-hydroxylation sites is 1. The minimum absolute atomic E-state index is 0.128. The molecular formula is C18H21N5O2. The molecule has 130 valence electrons. The number of rotatable bonds is 2. The molecule has 1 aromatic carbocycles. The summed E-state index contributed by atoms with van der Waals surface area (Å²) >= 11 is 0. The van der Waals surface area contributed by atoms with Crippen LogP contribution in [0.2, 0.25) is 0 Å². The summed E-state index contributed by atoms with van der Waals surface area (Å²) in [6.07, 6.45) is 1.98. The molecule has 0 aliphatic carbocycles. The first-order valence-corrected chi connectivity index (χ1v) is 8.53. The summed E-state index contributed by atoms with van der Waals surface area (Å²) in [5.74, 6) is -0.128. The van der Waals surface area contributed by atoms with Crippen molar-refractivity contribution in [2.75, 3.05) is 38.1 Å². The van der Waals surface area contributed by atoms with Crippen LogP contribution in [0.15, 0.2) is 36.5 Å². The number of pyridine rings is 1. The Morgan fingerprint density at radius 2 is 1.84 bits per heavy atom. The number of nitrogens with one attached hydrogen (secondary N) is 1. The summed E-state index contributed by atoms with van der Waals surface area (Å²) < 4.78 is 0. The molecule has 0 spiro atoms. The normalized spacial score (nSPS) is 22.4. The first-order valence-electron chi connectivity index (χ1n) is 8.53. The van der Waals surface area contributed by atoms with Gasteiger partial charge in [0.2, 0.25) is 5.91 Å². The molecule has 1 unspecified atom stereocenters. The quantitative estimate of drug-likeness (QED) is 0.892. The van der Waals surface area contributed by atoms with Crippen LogP contribution in [0, 0.1) is 0 Å². The highest BCUT2D eigenvalue weighted by Gasteiger charge is 2.34. The number of carbonyl (C=O) groups excluding carboxylic acids is 2. The second-order valence-electron chi connectivity index (χ2n) is 6.49. The van der Waals surface area contributed by atoms with Gasteiger partial charge in [-0.15, -0.1) is 0 Å². The van der Waals surface area contributed by atoms with Crippen molar-refractivity contribution in [3.63, 3.8) is 0 Å². The SMILES string of the molecule is CN1C(=O)CC(N2CCN(c3ccnc4ccccc34)CC2)NC1=O. The van der Waals surface area contributed by atoms with Crippen LogP contribution in [-0.4, -0.2) is 66.1 Å². The summed E-state index contributed by atoms with van der Waals surface area (Å²) in [5.41, 5.74) is 2.18. The molecule has 1 aromatic heterocycles. The number of piperazine rings is 1. The Balaban J connectivity index is 1.46. The number of aromatic nitrogens is 1. The maximum Gasteiger partial charge on any atom is 0.325 e. The number of benzene rings is 1. The molecule has 4 rings (SSSR count). The Morgan fingerprint density at radius 3 is 2.60 bits per heavy atom. The maximum atomic E-state index is 11.9. The van der Waals surface area contributed by atoms with Crippen LogP contribution >= 0.6 is 0 Å². The standard InChI is InChI=1S/C18H21N5O2/c1-21-17(24)12-16(20-18(21)25)23-10-8-22(9-11-23)15-6-7-19-14-5-3-2-4-13(14)15/h2-7,16H,8-12H2,1H3,(H,20,25). The Labute approximate surface area is 146 Å². The van der Waals surface area contributed by atoms with Gasteiger partial charge in [-0.3, -0.25) is 19.6 Å². The zero-order valence-corrected chi connectivity index (χ0v) is 14.2. The molecule has 3 heterocycles. The number of imide groups is 1. The van der Waals surface area contributed by atoms with E-state index < -0.39 is 0 Å². The topological polar surface area (TPSA) is 68.8 Å². The number of anilines is 1. The molecule has 3 amide bonds. The summed E-state index contributed by atoms with van der Waals surface area (Å²) in [5, 5.41) is 4.07. The van der Waals surface area contributed by atoms with E-state index in [2.05, 4.69) is 32.2 Å². The number of nitrogens with zero attached hydrogens (tertiary/aromatic N) is 4. The van der Waals surface area contributed by atoms with Gasteiger partial charge in [0.25, 0.3) is 0 Å². The van der Waals surface area contributed by atoms with Crippen LogP contribution in [0.1, 0.15) is 6.42 Å². The highest BCUT2D eigenvalue weighted by Crippen LogP contribution is 2.26. The van der Waals surface area contributed by atoms with E-state index in [1.165, 1.54) is 12.7 Å². The zero-order valence-electron chi connectivity index (χ0n) is 14.2. The summed E-state index contributed by atoms with van der Waals surface area (Å²) in [4.78, 5) is 33.9. The predicted octanol–water partition coefficient (Wildman–Crippen LogP) is 1.25. The van der Waals surface area contributed by atoms with Gasteiger partial charge in [0.1, 0.15) is 0 Å². The Kier molecular flexibility index (Phi) is 4.01. The molecule has 0 bridgehead atoms. The Morgan fingerprint density at radius 1 is 1.08 bits per heavy atom. The second-order valence-corrected chi connectivity index (χ2v) is 6.49. The zero-order chi connectivity index (χ0) is 17.4. The molecule has 1 atom stereocenters. The van der Waals surface area contributed by atoms with Gasteiger partial charge >= 0.3 is 6.03 Å². The summed E-state index contributed by atoms with van der Waals surface area (Å²) in [7, 11) is 1.51. The molecular weight excluding hydrogens is 318 g/mol. The molecule has 2 fully saturated rings. The van der Waals surface area contributed by atoms with Gasteiger partial charge in [-0.1, -0.05) is 18.2 Å². The van der Waals surface area contributed by atoms with E-state index in [0.29, 0.717) is 6.42 Å². The van der Waals surface area contributed by atoms with Crippen LogP contribution in [0.25, 0.3) is 10.9 Å². The number of hydrogen-bond donors (Lipinski definition) is 1. The molecule has 2 aliphatic rings. The molecule has 7 nitrogen and oxygen atoms in total. The number of urea groups is 1. The van der Waals surface area contributed by atoms with E-state index in [4.69, 9.17) is 0 Å². The first kappa shape index (κ1) is 15.8. The summed E-state index contributed by atoms with van der Waals surface area (Å²) in [6, 6.07) is 9.89. The van der Waals surface area contributed by atoms with E-state index >= 15 is 0 Å². The third-order valence-corrected chi connectivity index (χ3v) is 5.06. The third kappa shape index (κ3) is 2.91. The third-order valence-electron chi connectivity index (χ3n) is 5.06. The fourth-order valence-electron chi connectivity index (χ4n) is 3.56. The number of hydrogen-bond acceptors (Lipinski definition) is 5. The molecule has 0 saturated carbocycles. The average molecular weight is 339 g/mol. The number of carbonyl (C=O) groups is 2. The van der Waals surface area contributed by atoms with Crippen LogP contribution < -0.4 is 10.2 Å². The molecule has 2 saturated heterocycles. The van der Waals surface area contributed by atoms with Crippen molar-refractivity contribution in [1.29, 1.82) is 0 Å². The average Bonchev–Trinajstić information content (AvgIpc) is 2.65. The first-order chi connectivity index (χ1) is 12.1. The van der Waals surface area contributed by atoms with Crippen LogP contribution in [0.4, 0.5) is 10.5 Å². The van der Waals surface area contributed by atoms with Crippen molar-refractivity contribution < 1.29 is 9.59 Å². The fourth-order valence-corrected chi connectivity index (χ4v) is 3.56. The minimum Gasteiger partial charge on any atom is -0.368 e. The lowest BCUT2D eigenvalue weighted by Gasteiger charge is -2.42. The molecule has 7 heteroatoms. The lowest BCUT2D eigenvalue weighted by Crippen LogP contribution is -2.62. The van der Waals surface area contributed by atoms with E-state index in [-0.39, 0.29) is 18.1 Å².